The maximum Gasteiger partial charge on any atom is 0.289 e. The van der Waals surface area contributed by atoms with Crippen LogP contribution >= 0.6 is 0 Å². The van der Waals surface area contributed by atoms with E-state index in [4.69, 9.17) is 9.15 Å². The molecule has 1 saturated heterocycles. The van der Waals surface area contributed by atoms with E-state index in [0.29, 0.717) is 24.6 Å². The fourth-order valence-corrected chi connectivity index (χ4v) is 2.99. The molecule has 138 valence electrons. The topological polar surface area (TPSA) is 71.7 Å². The van der Waals surface area contributed by atoms with Gasteiger partial charge in [-0.1, -0.05) is 18.2 Å². The molecule has 0 aliphatic carbocycles. The summed E-state index contributed by atoms with van der Waals surface area (Å²) in [5.41, 5.74) is 0. The van der Waals surface area contributed by atoms with Gasteiger partial charge in [0.05, 0.1) is 6.20 Å². The lowest BCUT2D eigenvalue weighted by atomic mass is 10.3. The van der Waals surface area contributed by atoms with Crippen molar-refractivity contribution in [2.24, 2.45) is 0 Å². The van der Waals surface area contributed by atoms with Crippen molar-refractivity contribution in [3.05, 3.63) is 72.6 Å². The van der Waals surface area contributed by atoms with Crippen LogP contribution in [0.2, 0.25) is 0 Å². The van der Waals surface area contributed by atoms with Crippen LogP contribution in [0.25, 0.3) is 0 Å². The summed E-state index contributed by atoms with van der Waals surface area (Å²) < 4.78 is 11.3. The van der Waals surface area contributed by atoms with Crippen molar-refractivity contribution >= 4 is 11.7 Å². The van der Waals surface area contributed by atoms with Gasteiger partial charge in [0.15, 0.2) is 5.76 Å². The fraction of sp³-hybridized carbons (Fsp3) is 0.250. The van der Waals surface area contributed by atoms with E-state index in [-0.39, 0.29) is 12.5 Å². The van der Waals surface area contributed by atoms with Gasteiger partial charge in [-0.2, -0.15) is 0 Å². The highest BCUT2D eigenvalue weighted by atomic mass is 16.5. The molecule has 0 saturated carbocycles. The highest BCUT2D eigenvalue weighted by molar-refractivity contribution is 5.91. The van der Waals surface area contributed by atoms with Crippen LogP contribution in [-0.4, -0.2) is 47.0 Å². The molecular weight excluding hydrogens is 344 g/mol. The minimum Gasteiger partial charge on any atom is -0.486 e. The molecule has 0 unspecified atom stereocenters. The quantitative estimate of drug-likeness (QED) is 0.693. The van der Waals surface area contributed by atoms with Crippen LogP contribution in [0.3, 0.4) is 0 Å². The van der Waals surface area contributed by atoms with E-state index in [1.54, 1.807) is 35.6 Å². The molecule has 27 heavy (non-hydrogen) atoms. The van der Waals surface area contributed by atoms with E-state index >= 15 is 0 Å². The van der Waals surface area contributed by atoms with E-state index in [1.165, 1.54) is 0 Å². The minimum absolute atomic E-state index is 0.0974. The molecule has 3 aromatic rings. The molecule has 3 heterocycles. The molecule has 7 nitrogen and oxygen atoms in total. The Morgan fingerprint density at radius 2 is 1.85 bits per heavy atom. The van der Waals surface area contributed by atoms with Gasteiger partial charge in [-0.25, -0.2) is 4.98 Å². The summed E-state index contributed by atoms with van der Waals surface area (Å²) in [4.78, 5) is 25.0. The van der Waals surface area contributed by atoms with Crippen LogP contribution < -0.4 is 9.64 Å². The highest BCUT2D eigenvalue weighted by Crippen LogP contribution is 2.17. The van der Waals surface area contributed by atoms with Crippen LogP contribution in [0.5, 0.6) is 5.75 Å². The number of hydrogen-bond acceptors (Lipinski definition) is 6. The van der Waals surface area contributed by atoms with Crippen molar-refractivity contribution in [3.63, 3.8) is 0 Å². The van der Waals surface area contributed by atoms with Gasteiger partial charge in [-0.3, -0.25) is 9.78 Å². The highest BCUT2D eigenvalue weighted by Gasteiger charge is 2.25. The van der Waals surface area contributed by atoms with Crippen molar-refractivity contribution in [2.45, 2.75) is 6.61 Å². The maximum atomic E-state index is 12.7. The van der Waals surface area contributed by atoms with Crippen molar-refractivity contribution in [1.82, 2.24) is 14.9 Å². The van der Waals surface area contributed by atoms with Crippen LogP contribution in [0.1, 0.15) is 16.3 Å². The van der Waals surface area contributed by atoms with Gasteiger partial charge in [-0.05, 0) is 24.3 Å². The SMILES string of the molecule is O=C(c1ccc(COc2ccccc2)o1)N1CCN(c2cnccn2)CC1. The Labute approximate surface area is 157 Å². The Bertz CT molecular complexity index is 875. The number of amides is 1. The Balaban J connectivity index is 1.32. The lowest BCUT2D eigenvalue weighted by Crippen LogP contribution is -2.49. The predicted molar refractivity (Wildman–Crippen MR) is 99.6 cm³/mol. The first-order valence-electron chi connectivity index (χ1n) is 8.86. The Morgan fingerprint density at radius 3 is 2.59 bits per heavy atom. The first kappa shape index (κ1) is 17.1. The Morgan fingerprint density at radius 1 is 1.04 bits per heavy atom. The summed E-state index contributed by atoms with van der Waals surface area (Å²) in [7, 11) is 0. The number of nitrogens with zero attached hydrogens (tertiary/aromatic N) is 4. The van der Waals surface area contributed by atoms with E-state index in [1.807, 2.05) is 30.3 Å². The summed E-state index contributed by atoms with van der Waals surface area (Å²) in [5, 5.41) is 0. The second-order valence-electron chi connectivity index (χ2n) is 6.21. The number of benzene rings is 1. The number of carbonyl (C=O) groups excluding carboxylic acids is 1. The second kappa shape index (κ2) is 7.90. The molecule has 4 rings (SSSR count). The van der Waals surface area contributed by atoms with Crippen molar-refractivity contribution < 1.29 is 13.9 Å². The summed E-state index contributed by atoms with van der Waals surface area (Å²) in [6.45, 7) is 2.96. The number of hydrogen-bond donors (Lipinski definition) is 0. The van der Waals surface area contributed by atoms with Gasteiger partial charge < -0.3 is 19.0 Å². The standard InChI is InChI=1S/C20H20N4O3/c25-20(24-12-10-23(11-13-24)19-14-21-8-9-22-19)18-7-6-17(27-18)15-26-16-4-2-1-3-5-16/h1-9,14H,10-13,15H2. The summed E-state index contributed by atoms with van der Waals surface area (Å²) >= 11 is 0. The number of furan rings is 1. The minimum atomic E-state index is -0.0974. The smallest absolute Gasteiger partial charge is 0.289 e. The van der Waals surface area contributed by atoms with E-state index in [9.17, 15) is 4.79 Å². The lowest BCUT2D eigenvalue weighted by Gasteiger charge is -2.34. The predicted octanol–water partition coefficient (Wildman–Crippen LogP) is 2.61. The fourth-order valence-electron chi connectivity index (χ4n) is 2.99. The zero-order valence-corrected chi connectivity index (χ0v) is 14.8. The number of aromatic nitrogens is 2. The van der Waals surface area contributed by atoms with Crippen LogP contribution in [-0.2, 0) is 6.61 Å². The molecule has 1 amide bonds. The first-order valence-corrected chi connectivity index (χ1v) is 8.86. The summed E-state index contributed by atoms with van der Waals surface area (Å²) in [5.74, 6) is 2.47. The summed E-state index contributed by atoms with van der Waals surface area (Å²) in [6, 6.07) is 13.0. The van der Waals surface area contributed by atoms with Gasteiger partial charge in [0.25, 0.3) is 5.91 Å². The third kappa shape index (κ3) is 4.08. The van der Waals surface area contributed by atoms with Gasteiger partial charge in [0.1, 0.15) is 23.9 Å². The van der Waals surface area contributed by atoms with Crippen LogP contribution in [0.15, 0.2) is 65.5 Å². The van der Waals surface area contributed by atoms with Crippen molar-refractivity contribution in [1.29, 1.82) is 0 Å². The van der Waals surface area contributed by atoms with Gasteiger partial charge in [-0.15, -0.1) is 0 Å². The molecule has 0 bridgehead atoms. The van der Waals surface area contributed by atoms with Crippen molar-refractivity contribution in [3.8, 4) is 5.75 Å². The second-order valence-corrected chi connectivity index (χ2v) is 6.21. The van der Waals surface area contributed by atoms with Crippen LogP contribution in [0.4, 0.5) is 5.82 Å². The van der Waals surface area contributed by atoms with E-state index in [0.717, 1.165) is 24.7 Å². The molecule has 1 fully saturated rings. The zero-order valence-electron chi connectivity index (χ0n) is 14.8. The maximum absolute atomic E-state index is 12.7. The average molecular weight is 364 g/mol. The van der Waals surface area contributed by atoms with Gasteiger partial charge >= 0.3 is 0 Å². The van der Waals surface area contributed by atoms with Gasteiger partial charge in [0.2, 0.25) is 0 Å². The third-order valence-corrected chi connectivity index (χ3v) is 4.44. The molecule has 2 aromatic heterocycles. The molecule has 0 N–H and O–H groups in total. The van der Waals surface area contributed by atoms with Crippen LogP contribution in [0, 0.1) is 0 Å². The zero-order chi connectivity index (χ0) is 18.5. The third-order valence-electron chi connectivity index (χ3n) is 4.44. The van der Waals surface area contributed by atoms with E-state index < -0.39 is 0 Å². The molecular formula is C20H20N4O3. The number of anilines is 1. The molecule has 1 aliphatic heterocycles. The summed E-state index contributed by atoms with van der Waals surface area (Å²) in [6.07, 6.45) is 5.07. The monoisotopic (exact) mass is 364 g/mol. The van der Waals surface area contributed by atoms with E-state index in [2.05, 4.69) is 14.9 Å². The first-order chi connectivity index (χ1) is 13.3. The average Bonchev–Trinajstić information content (AvgIpc) is 3.22. The number of para-hydroxylation sites is 1. The lowest BCUT2D eigenvalue weighted by molar-refractivity contribution is 0.0710. The molecule has 0 spiro atoms. The molecule has 7 heteroatoms. The normalized spacial score (nSPS) is 14.2. The number of rotatable bonds is 5. The molecule has 1 aromatic carbocycles. The Hall–Kier alpha value is -3.35. The Kier molecular flexibility index (Phi) is 5.00. The number of ether oxygens (including phenoxy) is 1. The number of piperazine rings is 1. The number of carbonyl (C=O) groups is 1. The molecule has 1 aliphatic rings. The molecule has 0 atom stereocenters. The van der Waals surface area contributed by atoms with Crippen molar-refractivity contribution in [2.75, 3.05) is 31.1 Å². The largest absolute Gasteiger partial charge is 0.486 e. The molecule has 0 radical (unpaired) electrons. The van der Waals surface area contributed by atoms with Gasteiger partial charge in [0, 0.05) is 38.6 Å².